The van der Waals surface area contributed by atoms with E-state index in [2.05, 4.69) is 56.1 Å². The molecule has 2 unspecified atom stereocenters. The summed E-state index contributed by atoms with van der Waals surface area (Å²) in [5.41, 5.74) is 2.21. The number of rotatable bonds is 3. The summed E-state index contributed by atoms with van der Waals surface area (Å²) in [7, 11) is 0. The van der Waals surface area contributed by atoms with Gasteiger partial charge in [0.05, 0.1) is 37.2 Å². The molecule has 2 atom stereocenters. The van der Waals surface area contributed by atoms with Crippen molar-refractivity contribution in [1.29, 1.82) is 0 Å². The molecule has 148 valence electrons. The van der Waals surface area contributed by atoms with Crippen LogP contribution in [0.3, 0.4) is 0 Å². The maximum atomic E-state index is 5.53. The number of hydrogen-bond acceptors (Lipinski definition) is 6. The lowest BCUT2D eigenvalue weighted by Gasteiger charge is -2.43. The van der Waals surface area contributed by atoms with Crippen LogP contribution in [0.25, 0.3) is 11.0 Å². The Morgan fingerprint density at radius 3 is 2.97 bits per heavy atom. The number of para-hydroxylation sites is 2. The van der Waals surface area contributed by atoms with Gasteiger partial charge in [-0.05, 0) is 43.5 Å². The summed E-state index contributed by atoms with van der Waals surface area (Å²) >= 11 is 0. The van der Waals surface area contributed by atoms with Crippen molar-refractivity contribution < 1.29 is 4.42 Å². The summed E-state index contributed by atoms with van der Waals surface area (Å²) in [4.78, 5) is 14.3. The standard InChI is InChI=1S/C22H24N6O/c1-2-7-16(8-3-1)20-25-21-23-14-26(13-17-9-6-12-29-17)15-27(21)22-24-18-10-4-5-11-19(18)28(20)22/h1-2,4-6,9-12,16,20H,3,7-8,13-15H2,(H,23,25). The molecule has 6 rings (SSSR count). The molecule has 0 saturated carbocycles. The SMILES string of the molecule is C1=CCC(C2NC3=NCN(Cc4ccco4)CN3c3nc4ccccc4n32)CC1. The molecular weight excluding hydrogens is 364 g/mol. The molecule has 3 aliphatic rings. The highest BCUT2D eigenvalue weighted by molar-refractivity contribution is 5.98. The van der Waals surface area contributed by atoms with Crippen LogP contribution in [0.4, 0.5) is 5.95 Å². The van der Waals surface area contributed by atoms with Crippen LogP contribution in [0, 0.1) is 5.92 Å². The number of aromatic nitrogens is 2. The number of allylic oxidation sites excluding steroid dienone is 2. The summed E-state index contributed by atoms with van der Waals surface area (Å²) in [5.74, 6) is 3.40. The molecule has 0 amide bonds. The molecular formula is C22H24N6O. The first-order valence-electron chi connectivity index (χ1n) is 10.3. The lowest BCUT2D eigenvalue weighted by molar-refractivity contribution is 0.229. The van der Waals surface area contributed by atoms with E-state index in [-0.39, 0.29) is 6.17 Å². The fourth-order valence-corrected chi connectivity index (χ4v) is 4.69. The topological polar surface area (TPSA) is 61.8 Å². The molecule has 29 heavy (non-hydrogen) atoms. The number of fused-ring (bicyclic) bond motifs is 5. The second-order valence-corrected chi connectivity index (χ2v) is 8.01. The molecule has 2 aromatic heterocycles. The summed E-state index contributed by atoms with van der Waals surface area (Å²) in [6, 6.07) is 12.4. The van der Waals surface area contributed by atoms with Gasteiger partial charge in [-0.15, -0.1) is 0 Å². The van der Waals surface area contributed by atoms with E-state index >= 15 is 0 Å². The normalized spacial score (nSPS) is 24.1. The Hall–Kier alpha value is -3.06. The molecule has 7 nitrogen and oxygen atoms in total. The molecule has 3 aromatic rings. The van der Waals surface area contributed by atoms with E-state index in [4.69, 9.17) is 14.4 Å². The third-order valence-corrected chi connectivity index (χ3v) is 6.11. The highest BCUT2D eigenvalue weighted by Crippen LogP contribution is 2.37. The van der Waals surface area contributed by atoms with Crippen LogP contribution >= 0.6 is 0 Å². The van der Waals surface area contributed by atoms with Gasteiger partial charge in [-0.2, -0.15) is 0 Å². The highest BCUT2D eigenvalue weighted by Gasteiger charge is 2.38. The zero-order valence-corrected chi connectivity index (χ0v) is 16.2. The van der Waals surface area contributed by atoms with Crippen LogP contribution in [0.15, 0.2) is 64.2 Å². The van der Waals surface area contributed by atoms with Gasteiger partial charge in [0, 0.05) is 5.92 Å². The van der Waals surface area contributed by atoms with Crippen LogP contribution in [0.2, 0.25) is 0 Å². The van der Waals surface area contributed by atoms with Crippen LogP contribution in [0.1, 0.15) is 31.2 Å². The van der Waals surface area contributed by atoms with Gasteiger partial charge in [0.2, 0.25) is 11.9 Å². The molecule has 1 aromatic carbocycles. The van der Waals surface area contributed by atoms with Crippen LogP contribution in [0.5, 0.6) is 0 Å². The quantitative estimate of drug-likeness (QED) is 0.694. The third kappa shape index (κ3) is 2.84. The summed E-state index contributed by atoms with van der Waals surface area (Å²) in [6.07, 6.45) is 9.91. The number of anilines is 1. The number of hydrogen-bond donors (Lipinski definition) is 1. The molecule has 7 heteroatoms. The van der Waals surface area contributed by atoms with E-state index in [0.29, 0.717) is 12.6 Å². The predicted molar refractivity (Wildman–Crippen MR) is 112 cm³/mol. The minimum atomic E-state index is 0.175. The lowest BCUT2D eigenvalue weighted by Crippen LogP contribution is -2.58. The number of nitrogens with zero attached hydrogens (tertiary/aromatic N) is 5. The number of nitrogens with one attached hydrogen (secondary N) is 1. The molecule has 2 aliphatic heterocycles. The molecule has 0 fully saturated rings. The van der Waals surface area contributed by atoms with E-state index in [1.54, 1.807) is 6.26 Å². The average Bonchev–Trinajstić information content (AvgIpc) is 3.42. The first-order chi connectivity index (χ1) is 14.4. The monoisotopic (exact) mass is 388 g/mol. The zero-order valence-electron chi connectivity index (χ0n) is 16.2. The number of aliphatic imine (C=N–C) groups is 1. The lowest BCUT2D eigenvalue weighted by atomic mass is 9.91. The number of benzene rings is 1. The first kappa shape index (κ1) is 16.9. The number of guanidine groups is 1. The van der Waals surface area contributed by atoms with Gasteiger partial charge in [0.25, 0.3) is 0 Å². The smallest absolute Gasteiger partial charge is 0.216 e. The van der Waals surface area contributed by atoms with E-state index in [1.807, 2.05) is 12.1 Å². The summed E-state index contributed by atoms with van der Waals surface area (Å²) in [5, 5.41) is 3.75. The van der Waals surface area contributed by atoms with Crippen molar-refractivity contribution in [3.63, 3.8) is 0 Å². The van der Waals surface area contributed by atoms with Crippen molar-refractivity contribution >= 4 is 22.9 Å². The summed E-state index contributed by atoms with van der Waals surface area (Å²) in [6.45, 7) is 2.11. The Balaban J connectivity index is 1.40. The minimum absolute atomic E-state index is 0.175. The van der Waals surface area contributed by atoms with Crippen molar-refractivity contribution in [2.75, 3.05) is 18.2 Å². The molecule has 4 heterocycles. The molecule has 0 radical (unpaired) electrons. The Labute approximate surface area is 169 Å². The molecule has 0 saturated heterocycles. The fourth-order valence-electron chi connectivity index (χ4n) is 4.69. The molecule has 0 spiro atoms. The van der Waals surface area contributed by atoms with Gasteiger partial charge in [0.1, 0.15) is 11.9 Å². The number of furan rings is 1. The predicted octanol–water partition coefficient (Wildman–Crippen LogP) is 3.68. The van der Waals surface area contributed by atoms with Gasteiger partial charge >= 0.3 is 0 Å². The maximum Gasteiger partial charge on any atom is 0.216 e. The van der Waals surface area contributed by atoms with Crippen molar-refractivity contribution in [2.24, 2.45) is 10.9 Å². The maximum absolute atomic E-state index is 5.53. The Kier molecular flexibility index (Phi) is 3.94. The van der Waals surface area contributed by atoms with Crippen LogP contribution in [-0.2, 0) is 6.54 Å². The van der Waals surface area contributed by atoms with Gasteiger partial charge in [-0.1, -0.05) is 24.3 Å². The van der Waals surface area contributed by atoms with Crippen molar-refractivity contribution in [3.8, 4) is 0 Å². The average molecular weight is 388 g/mol. The second-order valence-electron chi connectivity index (χ2n) is 8.01. The van der Waals surface area contributed by atoms with E-state index in [1.165, 1.54) is 11.9 Å². The highest BCUT2D eigenvalue weighted by atomic mass is 16.3. The summed E-state index contributed by atoms with van der Waals surface area (Å²) < 4.78 is 7.92. The Bertz CT molecular complexity index is 1080. The van der Waals surface area contributed by atoms with E-state index < -0.39 is 0 Å². The van der Waals surface area contributed by atoms with E-state index in [9.17, 15) is 0 Å². The van der Waals surface area contributed by atoms with Gasteiger partial charge in [-0.3, -0.25) is 14.4 Å². The third-order valence-electron chi connectivity index (χ3n) is 6.11. The van der Waals surface area contributed by atoms with Gasteiger partial charge in [-0.25, -0.2) is 9.98 Å². The zero-order chi connectivity index (χ0) is 19.2. The minimum Gasteiger partial charge on any atom is -0.468 e. The molecule has 0 bridgehead atoms. The fraction of sp³-hybridized carbons (Fsp3) is 0.364. The molecule has 1 N–H and O–H groups in total. The van der Waals surface area contributed by atoms with Crippen molar-refractivity contribution in [3.05, 3.63) is 60.6 Å². The Morgan fingerprint density at radius 1 is 1.14 bits per heavy atom. The van der Waals surface area contributed by atoms with E-state index in [0.717, 1.165) is 49.2 Å². The van der Waals surface area contributed by atoms with Gasteiger partial charge < -0.3 is 9.73 Å². The van der Waals surface area contributed by atoms with Crippen LogP contribution < -0.4 is 10.2 Å². The molecule has 1 aliphatic carbocycles. The Morgan fingerprint density at radius 2 is 2.10 bits per heavy atom. The first-order valence-corrected chi connectivity index (χ1v) is 10.3. The van der Waals surface area contributed by atoms with Gasteiger partial charge in [0.15, 0.2) is 0 Å². The largest absolute Gasteiger partial charge is 0.468 e. The second kappa shape index (κ2) is 6.77. The van der Waals surface area contributed by atoms with Crippen LogP contribution in [-0.4, -0.2) is 33.7 Å². The van der Waals surface area contributed by atoms with Crippen molar-refractivity contribution in [1.82, 2.24) is 19.8 Å². The number of imidazole rings is 1. The van der Waals surface area contributed by atoms with Crippen molar-refractivity contribution in [2.45, 2.75) is 32.0 Å².